The highest BCUT2D eigenvalue weighted by Gasteiger charge is 2.16. The van der Waals surface area contributed by atoms with Crippen molar-refractivity contribution in [3.8, 4) is 0 Å². The molecule has 0 amide bonds. The molecule has 0 aliphatic carbocycles. The Labute approximate surface area is 112 Å². The monoisotopic (exact) mass is 249 g/mol. The Morgan fingerprint density at radius 3 is 2.44 bits per heavy atom. The maximum absolute atomic E-state index is 5.19. The zero-order valence-corrected chi connectivity index (χ0v) is 12.2. The highest BCUT2D eigenvalue weighted by molar-refractivity contribution is 5.21. The third kappa shape index (κ3) is 5.19. The molecule has 0 heterocycles. The van der Waals surface area contributed by atoms with Gasteiger partial charge >= 0.3 is 0 Å². The van der Waals surface area contributed by atoms with E-state index in [4.69, 9.17) is 4.74 Å². The normalized spacial score (nSPS) is 14.4. The molecular weight excluding hydrogens is 222 g/mol. The third-order valence-corrected chi connectivity index (χ3v) is 3.67. The minimum atomic E-state index is 0.674. The van der Waals surface area contributed by atoms with Crippen LogP contribution in [0.4, 0.5) is 0 Å². The fourth-order valence-corrected chi connectivity index (χ4v) is 2.30. The van der Waals surface area contributed by atoms with Gasteiger partial charge in [-0.05, 0) is 50.8 Å². The van der Waals surface area contributed by atoms with E-state index in [0.29, 0.717) is 11.8 Å². The maximum atomic E-state index is 5.19. The van der Waals surface area contributed by atoms with E-state index in [2.05, 4.69) is 43.4 Å². The highest BCUT2D eigenvalue weighted by atomic mass is 16.5. The molecule has 1 N–H and O–H groups in total. The molecule has 0 aliphatic rings. The van der Waals surface area contributed by atoms with Crippen molar-refractivity contribution in [2.75, 3.05) is 27.3 Å². The van der Waals surface area contributed by atoms with Crippen molar-refractivity contribution in [3.63, 3.8) is 0 Å². The Morgan fingerprint density at radius 2 is 1.89 bits per heavy atom. The predicted molar refractivity (Wildman–Crippen MR) is 78.0 cm³/mol. The van der Waals surface area contributed by atoms with Gasteiger partial charge < -0.3 is 10.1 Å². The molecule has 0 fully saturated rings. The molecule has 2 atom stereocenters. The molecule has 0 bridgehead atoms. The summed E-state index contributed by atoms with van der Waals surface area (Å²) in [4.78, 5) is 0. The van der Waals surface area contributed by atoms with Gasteiger partial charge in [0.1, 0.15) is 0 Å². The van der Waals surface area contributed by atoms with E-state index < -0.39 is 0 Å². The van der Waals surface area contributed by atoms with E-state index >= 15 is 0 Å². The van der Waals surface area contributed by atoms with Crippen LogP contribution in [-0.2, 0) is 11.2 Å². The largest absolute Gasteiger partial charge is 0.385 e. The molecule has 102 valence electrons. The second kappa shape index (κ2) is 8.28. The van der Waals surface area contributed by atoms with Crippen LogP contribution in [0.3, 0.4) is 0 Å². The second-order valence-corrected chi connectivity index (χ2v) is 5.27. The van der Waals surface area contributed by atoms with Crippen LogP contribution in [0.15, 0.2) is 24.3 Å². The Kier molecular flexibility index (Phi) is 6.99. The topological polar surface area (TPSA) is 21.3 Å². The predicted octanol–water partition coefficient (Wildman–Crippen LogP) is 3.05. The fourth-order valence-electron chi connectivity index (χ4n) is 2.30. The summed E-state index contributed by atoms with van der Waals surface area (Å²) in [6, 6.07) is 8.90. The van der Waals surface area contributed by atoms with Crippen LogP contribution in [0.25, 0.3) is 0 Å². The van der Waals surface area contributed by atoms with E-state index in [1.165, 1.54) is 11.1 Å². The standard InChI is InChI=1S/C16H27NO/c1-13-5-7-15(8-6-13)11-16(12-17-3)14(2)9-10-18-4/h5-8,14,16-17H,9-12H2,1-4H3. The first-order valence-corrected chi connectivity index (χ1v) is 6.86. The molecule has 2 heteroatoms. The van der Waals surface area contributed by atoms with Gasteiger partial charge in [0.2, 0.25) is 0 Å². The number of benzene rings is 1. The third-order valence-electron chi connectivity index (χ3n) is 3.67. The SMILES string of the molecule is CNCC(Cc1ccc(C)cc1)C(C)CCOC. The Hall–Kier alpha value is -0.860. The first kappa shape index (κ1) is 15.2. The van der Waals surface area contributed by atoms with Crippen LogP contribution >= 0.6 is 0 Å². The van der Waals surface area contributed by atoms with Gasteiger partial charge in [-0.1, -0.05) is 36.8 Å². The van der Waals surface area contributed by atoms with E-state index in [1.807, 2.05) is 7.05 Å². The van der Waals surface area contributed by atoms with Gasteiger partial charge in [0.25, 0.3) is 0 Å². The lowest BCUT2D eigenvalue weighted by Gasteiger charge is -2.24. The highest BCUT2D eigenvalue weighted by Crippen LogP contribution is 2.20. The van der Waals surface area contributed by atoms with Gasteiger partial charge in [-0.2, -0.15) is 0 Å². The number of rotatable bonds is 8. The van der Waals surface area contributed by atoms with Gasteiger partial charge in [0.05, 0.1) is 0 Å². The van der Waals surface area contributed by atoms with Crippen molar-refractivity contribution in [1.82, 2.24) is 5.32 Å². The van der Waals surface area contributed by atoms with Crippen molar-refractivity contribution >= 4 is 0 Å². The lowest BCUT2D eigenvalue weighted by molar-refractivity contribution is 0.164. The Balaban J connectivity index is 2.58. The van der Waals surface area contributed by atoms with Crippen molar-refractivity contribution in [1.29, 1.82) is 0 Å². The van der Waals surface area contributed by atoms with Gasteiger partial charge in [-0.25, -0.2) is 0 Å². The smallest absolute Gasteiger partial charge is 0.0464 e. The van der Waals surface area contributed by atoms with Crippen LogP contribution < -0.4 is 5.32 Å². The number of hydrogen-bond acceptors (Lipinski definition) is 2. The summed E-state index contributed by atoms with van der Waals surface area (Å²) < 4.78 is 5.19. The van der Waals surface area contributed by atoms with Crippen LogP contribution in [0, 0.1) is 18.8 Å². The zero-order chi connectivity index (χ0) is 13.4. The van der Waals surface area contributed by atoms with E-state index in [0.717, 1.165) is 26.0 Å². The average molecular weight is 249 g/mol. The van der Waals surface area contributed by atoms with Crippen molar-refractivity contribution in [2.45, 2.75) is 26.7 Å². The maximum Gasteiger partial charge on any atom is 0.0464 e. The molecule has 1 aromatic carbocycles. The summed E-state index contributed by atoms with van der Waals surface area (Å²) in [5.41, 5.74) is 2.77. The summed E-state index contributed by atoms with van der Waals surface area (Å²) >= 11 is 0. The molecule has 2 nitrogen and oxygen atoms in total. The molecule has 0 aliphatic heterocycles. The first-order valence-electron chi connectivity index (χ1n) is 6.86. The second-order valence-electron chi connectivity index (χ2n) is 5.27. The van der Waals surface area contributed by atoms with Crippen LogP contribution in [0.5, 0.6) is 0 Å². The van der Waals surface area contributed by atoms with Crippen molar-refractivity contribution < 1.29 is 4.74 Å². The van der Waals surface area contributed by atoms with Gasteiger partial charge in [0, 0.05) is 13.7 Å². The van der Waals surface area contributed by atoms with Crippen LogP contribution in [0.1, 0.15) is 24.5 Å². The van der Waals surface area contributed by atoms with Crippen molar-refractivity contribution in [2.24, 2.45) is 11.8 Å². The van der Waals surface area contributed by atoms with E-state index in [-0.39, 0.29) is 0 Å². The molecule has 1 aromatic rings. The van der Waals surface area contributed by atoms with E-state index in [1.54, 1.807) is 7.11 Å². The molecule has 0 saturated carbocycles. The molecular formula is C16H27NO. The van der Waals surface area contributed by atoms with E-state index in [9.17, 15) is 0 Å². The number of nitrogens with one attached hydrogen (secondary N) is 1. The van der Waals surface area contributed by atoms with Gasteiger partial charge in [-0.15, -0.1) is 0 Å². The number of aryl methyl sites for hydroxylation is 1. The summed E-state index contributed by atoms with van der Waals surface area (Å²) in [7, 11) is 3.81. The van der Waals surface area contributed by atoms with Crippen molar-refractivity contribution in [3.05, 3.63) is 35.4 Å². The fraction of sp³-hybridized carbons (Fsp3) is 0.625. The van der Waals surface area contributed by atoms with Gasteiger partial charge in [-0.3, -0.25) is 0 Å². The Morgan fingerprint density at radius 1 is 1.22 bits per heavy atom. The first-order chi connectivity index (χ1) is 8.67. The van der Waals surface area contributed by atoms with Gasteiger partial charge in [0.15, 0.2) is 0 Å². The molecule has 2 unspecified atom stereocenters. The Bertz CT molecular complexity index is 320. The number of hydrogen-bond donors (Lipinski definition) is 1. The number of methoxy groups -OCH3 is 1. The lowest BCUT2D eigenvalue weighted by atomic mass is 9.86. The quantitative estimate of drug-likeness (QED) is 0.764. The lowest BCUT2D eigenvalue weighted by Crippen LogP contribution is -2.27. The van der Waals surface area contributed by atoms with Crippen LogP contribution in [0.2, 0.25) is 0 Å². The van der Waals surface area contributed by atoms with Crippen LogP contribution in [-0.4, -0.2) is 27.3 Å². The molecule has 18 heavy (non-hydrogen) atoms. The summed E-state index contributed by atoms with van der Waals surface area (Å²) in [5, 5.41) is 3.32. The molecule has 0 spiro atoms. The summed E-state index contributed by atoms with van der Waals surface area (Å²) in [6.07, 6.45) is 2.28. The molecule has 0 saturated heterocycles. The minimum absolute atomic E-state index is 0.674. The summed E-state index contributed by atoms with van der Waals surface area (Å²) in [6.45, 7) is 6.39. The summed E-state index contributed by atoms with van der Waals surface area (Å²) in [5.74, 6) is 1.35. The molecule has 1 rings (SSSR count). The molecule has 0 aromatic heterocycles. The zero-order valence-electron chi connectivity index (χ0n) is 12.2. The average Bonchev–Trinajstić information content (AvgIpc) is 2.38. The minimum Gasteiger partial charge on any atom is -0.385 e. The molecule has 0 radical (unpaired) electrons. The number of ether oxygens (including phenoxy) is 1.